The molecule has 0 aromatic heterocycles. The van der Waals surface area contributed by atoms with Gasteiger partial charge >= 0.3 is 12.3 Å². The number of rotatable bonds is 9. The number of likely N-dealkylation sites (tertiary alicyclic amines) is 1. The number of hydrogen-bond acceptors (Lipinski definition) is 5. The summed E-state index contributed by atoms with van der Waals surface area (Å²) in [6.45, 7) is 12.0. The van der Waals surface area contributed by atoms with E-state index in [2.05, 4.69) is 15.5 Å². The molecular formula is C35H43N5O5. The number of likely N-dealkylation sites (N-methyl/N-ethyl adjacent to an activating group) is 1. The van der Waals surface area contributed by atoms with Crippen molar-refractivity contribution >= 4 is 29.5 Å². The zero-order valence-corrected chi connectivity index (χ0v) is 26.3. The second-order valence-electron chi connectivity index (χ2n) is 13.0. The first kappa shape index (κ1) is 32.0. The molecule has 1 saturated heterocycles. The van der Waals surface area contributed by atoms with Crippen LogP contribution in [0.5, 0.6) is 0 Å². The topological polar surface area (TPSA) is 112 Å². The summed E-state index contributed by atoms with van der Waals surface area (Å²) < 4.78 is 5.49. The fraction of sp³-hybridized carbons (Fsp3) is 0.514. The van der Waals surface area contributed by atoms with Gasteiger partial charge in [0, 0.05) is 19.3 Å². The molecule has 1 saturated carbocycles. The molecule has 1 spiro atoms. The lowest BCUT2D eigenvalue weighted by molar-refractivity contribution is -0.147. The van der Waals surface area contributed by atoms with Crippen molar-refractivity contribution in [1.82, 2.24) is 15.1 Å². The van der Waals surface area contributed by atoms with Crippen molar-refractivity contribution < 1.29 is 23.9 Å². The number of amides is 4. The third kappa shape index (κ3) is 6.68. The Balaban J connectivity index is 1.37. The van der Waals surface area contributed by atoms with Crippen LogP contribution in [0, 0.1) is 18.4 Å². The molecule has 2 aliphatic heterocycles. The maximum atomic E-state index is 14.4. The van der Waals surface area contributed by atoms with Crippen LogP contribution >= 0.6 is 0 Å². The van der Waals surface area contributed by atoms with Crippen LogP contribution in [0.1, 0.15) is 69.9 Å². The third-order valence-corrected chi connectivity index (χ3v) is 9.56. The quantitative estimate of drug-likeness (QED) is 0.382. The fourth-order valence-corrected chi connectivity index (χ4v) is 7.13. The Labute approximate surface area is 265 Å². The van der Waals surface area contributed by atoms with Crippen LogP contribution in [-0.2, 0) is 31.1 Å². The van der Waals surface area contributed by atoms with Gasteiger partial charge in [-0.1, -0.05) is 81.6 Å². The Morgan fingerprint density at radius 3 is 2.47 bits per heavy atom. The number of hydrogen-bond donors (Lipinski definition) is 2. The number of nitrogens with one attached hydrogen (secondary N) is 2. The number of fused-ring (bicyclic) bond motifs is 2. The second-order valence-corrected chi connectivity index (χ2v) is 13.0. The Morgan fingerprint density at radius 2 is 1.78 bits per heavy atom. The monoisotopic (exact) mass is 613 g/mol. The van der Waals surface area contributed by atoms with Crippen LogP contribution in [0.4, 0.5) is 10.5 Å². The van der Waals surface area contributed by atoms with Crippen molar-refractivity contribution in [1.29, 1.82) is 0 Å². The van der Waals surface area contributed by atoms with Crippen LogP contribution in [0.15, 0.2) is 54.6 Å². The number of anilines is 1. The average molecular weight is 614 g/mol. The van der Waals surface area contributed by atoms with Gasteiger partial charge in [-0.2, -0.15) is 0 Å². The number of carbonyl (C=O) groups excluding carboxylic acids is 4. The van der Waals surface area contributed by atoms with Gasteiger partial charge < -0.3 is 20.3 Å². The van der Waals surface area contributed by atoms with Crippen molar-refractivity contribution in [3.05, 3.63) is 77.1 Å². The summed E-state index contributed by atoms with van der Waals surface area (Å²) in [5.41, 5.74) is 1.32. The third-order valence-electron chi connectivity index (χ3n) is 9.56. The SMILES string of the molecule is [C-]#[N+][C@@H]1C[C@@]2(CN1C(=O)[C@H](CC(C)C)N(C)C(=O)[C@@H](NC(=O)OCc1ccccc1)C1CCCCC1)C(=O)Nc1ccccc12. The van der Waals surface area contributed by atoms with E-state index in [0.717, 1.165) is 43.2 Å². The predicted octanol–water partition coefficient (Wildman–Crippen LogP) is 5.10. The van der Waals surface area contributed by atoms with Gasteiger partial charge in [0.2, 0.25) is 11.8 Å². The molecule has 10 heteroatoms. The first-order chi connectivity index (χ1) is 21.6. The van der Waals surface area contributed by atoms with Gasteiger partial charge in [0.15, 0.2) is 0 Å². The molecule has 45 heavy (non-hydrogen) atoms. The van der Waals surface area contributed by atoms with E-state index in [1.807, 2.05) is 68.4 Å². The molecule has 4 atom stereocenters. The maximum absolute atomic E-state index is 14.4. The van der Waals surface area contributed by atoms with Gasteiger partial charge in [-0.15, -0.1) is 0 Å². The molecule has 5 rings (SSSR count). The summed E-state index contributed by atoms with van der Waals surface area (Å²) in [7, 11) is 1.61. The number of ether oxygens (including phenoxy) is 1. The maximum Gasteiger partial charge on any atom is 0.408 e. The molecular weight excluding hydrogens is 570 g/mol. The minimum atomic E-state index is -1.01. The predicted molar refractivity (Wildman–Crippen MR) is 170 cm³/mol. The van der Waals surface area contributed by atoms with Crippen molar-refractivity contribution in [2.75, 3.05) is 18.9 Å². The highest BCUT2D eigenvalue weighted by molar-refractivity contribution is 6.07. The number of nitrogens with zero attached hydrogens (tertiary/aromatic N) is 3. The van der Waals surface area contributed by atoms with E-state index in [9.17, 15) is 19.2 Å². The van der Waals surface area contributed by atoms with E-state index in [1.165, 1.54) is 9.80 Å². The van der Waals surface area contributed by atoms with Gasteiger partial charge in [-0.05, 0) is 48.3 Å². The summed E-state index contributed by atoms with van der Waals surface area (Å²) in [5, 5.41) is 5.78. The number of carbonyl (C=O) groups is 4. The van der Waals surface area contributed by atoms with Gasteiger partial charge in [0.25, 0.3) is 5.91 Å². The number of alkyl carbamates (subject to hydrolysis) is 1. The van der Waals surface area contributed by atoms with Gasteiger partial charge in [0.1, 0.15) is 24.1 Å². The molecule has 4 amide bonds. The Morgan fingerprint density at radius 1 is 1.09 bits per heavy atom. The lowest BCUT2D eigenvalue weighted by atomic mass is 9.80. The van der Waals surface area contributed by atoms with Gasteiger partial charge in [-0.3, -0.25) is 24.1 Å². The molecule has 2 aromatic carbocycles. The molecule has 3 aliphatic rings. The Kier molecular flexibility index (Phi) is 9.76. The van der Waals surface area contributed by atoms with Crippen molar-refractivity contribution in [2.45, 2.75) is 89.1 Å². The zero-order chi connectivity index (χ0) is 32.1. The second kappa shape index (κ2) is 13.7. The van der Waals surface area contributed by atoms with E-state index in [1.54, 1.807) is 7.05 Å². The number of para-hydroxylation sites is 1. The fourth-order valence-electron chi connectivity index (χ4n) is 7.13. The highest BCUT2D eigenvalue weighted by atomic mass is 16.5. The van der Waals surface area contributed by atoms with Crippen LogP contribution in [0.2, 0.25) is 0 Å². The van der Waals surface area contributed by atoms with Crippen molar-refractivity contribution in [2.24, 2.45) is 11.8 Å². The molecule has 2 fully saturated rings. The summed E-state index contributed by atoms with van der Waals surface area (Å²) in [5.74, 6) is -0.950. The molecule has 2 heterocycles. The van der Waals surface area contributed by atoms with Crippen molar-refractivity contribution in [3.63, 3.8) is 0 Å². The minimum absolute atomic E-state index is 0.0598. The van der Waals surface area contributed by atoms with Gasteiger partial charge in [-0.25, -0.2) is 11.4 Å². The summed E-state index contributed by atoms with van der Waals surface area (Å²) in [6, 6.07) is 15.0. The first-order valence-electron chi connectivity index (χ1n) is 16.0. The standard InChI is InChI=1S/C35H43N5O5/c1-23(2)19-28(31(41)40-22-35(20-29(40)36-3)26-17-11-12-18-27(26)37-33(35)43)39(4)32(42)30(25-15-9-6-10-16-25)38-34(44)45-21-24-13-7-5-8-14-24/h5,7-8,11-14,17-18,23,25,28-30H,6,9-10,15-16,19-22H2,1-2,4H3,(H,37,43)(H,38,44)/t28-,29-,30-,35-/m0/s1. The summed E-state index contributed by atoms with van der Waals surface area (Å²) >= 11 is 0. The van der Waals surface area contributed by atoms with E-state index >= 15 is 0 Å². The molecule has 2 aromatic rings. The van der Waals surface area contributed by atoms with Crippen LogP contribution in [0.25, 0.3) is 4.85 Å². The Hall–Kier alpha value is -4.39. The van der Waals surface area contributed by atoms with Gasteiger partial charge in [0.05, 0.1) is 6.42 Å². The molecule has 2 N–H and O–H groups in total. The minimum Gasteiger partial charge on any atom is -0.445 e. The summed E-state index contributed by atoms with van der Waals surface area (Å²) in [6.07, 6.45) is 3.61. The molecule has 10 nitrogen and oxygen atoms in total. The van der Waals surface area contributed by atoms with E-state index in [0.29, 0.717) is 12.1 Å². The number of benzene rings is 2. The highest BCUT2D eigenvalue weighted by Crippen LogP contribution is 2.47. The highest BCUT2D eigenvalue weighted by Gasteiger charge is 2.59. The molecule has 1 aliphatic carbocycles. The normalized spacial score (nSPS) is 22.3. The van der Waals surface area contributed by atoms with Crippen LogP contribution in [0.3, 0.4) is 0 Å². The summed E-state index contributed by atoms with van der Waals surface area (Å²) in [4.78, 5) is 61.7. The van der Waals surface area contributed by atoms with E-state index in [-0.39, 0.29) is 49.1 Å². The molecule has 238 valence electrons. The van der Waals surface area contributed by atoms with E-state index in [4.69, 9.17) is 11.3 Å². The van der Waals surface area contributed by atoms with Crippen LogP contribution < -0.4 is 10.6 Å². The molecule has 0 radical (unpaired) electrons. The molecule has 0 unspecified atom stereocenters. The van der Waals surface area contributed by atoms with Crippen LogP contribution in [-0.4, -0.2) is 65.5 Å². The zero-order valence-electron chi connectivity index (χ0n) is 26.3. The Bertz CT molecular complexity index is 1450. The average Bonchev–Trinajstić information content (AvgIpc) is 3.58. The molecule has 0 bridgehead atoms. The lowest BCUT2D eigenvalue weighted by Gasteiger charge is -2.37. The van der Waals surface area contributed by atoms with Crippen molar-refractivity contribution in [3.8, 4) is 0 Å². The largest absolute Gasteiger partial charge is 0.445 e. The first-order valence-corrected chi connectivity index (χ1v) is 16.0. The smallest absolute Gasteiger partial charge is 0.408 e. The van der Waals surface area contributed by atoms with E-state index < -0.39 is 29.8 Å². The lowest BCUT2D eigenvalue weighted by Crippen LogP contribution is -2.58.